The maximum absolute atomic E-state index is 12.6. The fourth-order valence-corrected chi connectivity index (χ4v) is 5.41. The van der Waals surface area contributed by atoms with Crippen molar-refractivity contribution < 1.29 is 47.8 Å². The number of aliphatic hydroxyl groups is 2. The van der Waals surface area contributed by atoms with Crippen LogP contribution in [0.2, 0.25) is 0 Å². The predicted molar refractivity (Wildman–Crippen MR) is 223 cm³/mol. The van der Waals surface area contributed by atoms with Gasteiger partial charge in [0.25, 0.3) is 0 Å². The Hall–Kier alpha value is -3.11. The molecule has 0 aliphatic carbocycles. The highest BCUT2D eigenvalue weighted by Gasteiger charge is 2.27. The standard InChI is InChI=1S/C44H71O10P/c1-3-5-7-9-11-13-15-17-19-20-22-24-26-28-30-32-34-36-44(48)54-42(40-53-55(49,50)52-38-41(46)37-45)39-51-43(47)35-33-31-29-27-25-23-21-18-16-14-12-10-8-6-4-2/h6,8,11-14,17-19,21-22,24-25,27-28,30,41-42,45-46H,3-5,7,9-10,15-16,20,23,26,29,31-40H2,1-2H3,(H,49,50)/b8-6-,13-11-,14-12-,19-17-,21-18-,24-22-,27-25-,30-28-/t41-,42+/m0/s1. The monoisotopic (exact) mass is 790 g/mol. The second-order valence-electron chi connectivity index (χ2n) is 12.9. The number of aliphatic hydroxyl groups excluding tert-OH is 2. The van der Waals surface area contributed by atoms with E-state index in [1.165, 1.54) is 19.3 Å². The number of ether oxygens (including phenoxy) is 2. The molecule has 0 amide bonds. The fourth-order valence-electron chi connectivity index (χ4n) is 4.62. The Morgan fingerprint density at radius 3 is 1.49 bits per heavy atom. The van der Waals surface area contributed by atoms with Gasteiger partial charge in [-0.2, -0.15) is 0 Å². The van der Waals surface area contributed by atoms with Gasteiger partial charge in [0, 0.05) is 12.8 Å². The minimum Gasteiger partial charge on any atom is -0.462 e. The number of phosphoric acid groups is 1. The van der Waals surface area contributed by atoms with Gasteiger partial charge in [-0.3, -0.25) is 18.6 Å². The smallest absolute Gasteiger partial charge is 0.462 e. The van der Waals surface area contributed by atoms with Gasteiger partial charge in [-0.15, -0.1) is 0 Å². The molecule has 1 unspecified atom stereocenters. The summed E-state index contributed by atoms with van der Waals surface area (Å²) in [7, 11) is -4.65. The van der Waals surface area contributed by atoms with Crippen LogP contribution in [-0.4, -0.2) is 65.7 Å². The largest absolute Gasteiger partial charge is 0.472 e. The van der Waals surface area contributed by atoms with E-state index in [0.717, 1.165) is 64.2 Å². The van der Waals surface area contributed by atoms with Crippen molar-refractivity contribution in [3.05, 3.63) is 97.2 Å². The zero-order valence-corrected chi connectivity index (χ0v) is 34.5. The molecule has 0 aromatic rings. The van der Waals surface area contributed by atoms with E-state index in [0.29, 0.717) is 19.3 Å². The van der Waals surface area contributed by atoms with Crippen LogP contribution < -0.4 is 0 Å². The Morgan fingerprint density at radius 1 is 0.564 bits per heavy atom. The van der Waals surface area contributed by atoms with E-state index in [1.807, 2.05) is 12.2 Å². The molecule has 0 aliphatic heterocycles. The van der Waals surface area contributed by atoms with Crippen LogP contribution in [0.1, 0.15) is 129 Å². The number of carbonyl (C=O) groups is 2. The summed E-state index contributed by atoms with van der Waals surface area (Å²) in [6, 6.07) is 0. The minimum atomic E-state index is -4.65. The normalized spacial score (nSPS) is 14.9. The maximum Gasteiger partial charge on any atom is 0.472 e. The number of phosphoric ester groups is 1. The molecular weight excluding hydrogens is 719 g/mol. The van der Waals surface area contributed by atoms with Crippen molar-refractivity contribution in [1.82, 2.24) is 0 Å². The molecule has 3 N–H and O–H groups in total. The minimum absolute atomic E-state index is 0.0930. The molecule has 0 aliphatic rings. The number of carbonyl (C=O) groups excluding carboxylic acids is 2. The first kappa shape index (κ1) is 51.9. The third kappa shape index (κ3) is 38.9. The van der Waals surface area contributed by atoms with Crippen LogP contribution in [0, 0.1) is 0 Å². The molecule has 3 atom stereocenters. The average Bonchev–Trinajstić information content (AvgIpc) is 3.17. The van der Waals surface area contributed by atoms with E-state index in [4.69, 9.17) is 19.1 Å². The van der Waals surface area contributed by atoms with Gasteiger partial charge in [-0.1, -0.05) is 124 Å². The second kappa shape index (κ2) is 39.1. The summed E-state index contributed by atoms with van der Waals surface area (Å²) >= 11 is 0. The third-order valence-electron chi connectivity index (χ3n) is 7.72. The highest BCUT2D eigenvalue weighted by molar-refractivity contribution is 7.47. The van der Waals surface area contributed by atoms with E-state index >= 15 is 0 Å². The first-order chi connectivity index (χ1) is 26.7. The molecule has 0 aromatic carbocycles. The van der Waals surface area contributed by atoms with Crippen molar-refractivity contribution in [3.8, 4) is 0 Å². The van der Waals surface area contributed by atoms with E-state index in [9.17, 15) is 24.2 Å². The van der Waals surface area contributed by atoms with E-state index in [2.05, 4.69) is 103 Å². The number of hydrogen-bond acceptors (Lipinski definition) is 9. The molecule has 0 saturated heterocycles. The van der Waals surface area contributed by atoms with Crippen LogP contribution in [0.4, 0.5) is 0 Å². The van der Waals surface area contributed by atoms with Crippen LogP contribution in [0.3, 0.4) is 0 Å². The summed E-state index contributed by atoms with van der Waals surface area (Å²) in [5.41, 5.74) is 0. The summed E-state index contributed by atoms with van der Waals surface area (Å²) < 4.78 is 32.5. The van der Waals surface area contributed by atoms with Gasteiger partial charge >= 0.3 is 19.8 Å². The quantitative estimate of drug-likeness (QED) is 0.0242. The Morgan fingerprint density at radius 2 is 1.00 bits per heavy atom. The number of unbranched alkanes of at least 4 members (excludes halogenated alkanes) is 6. The third-order valence-corrected chi connectivity index (χ3v) is 8.67. The molecular formula is C44H71O10P. The first-order valence-electron chi connectivity index (χ1n) is 20.2. The van der Waals surface area contributed by atoms with Gasteiger partial charge < -0.3 is 24.6 Å². The van der Waals surface area contributed by atoms with Crippen LogP contribution in [0.15, 0.2) is 97.2 Å². The first-order valence-corrected chi connectivity index (χ1v) is 21.7. The second-order valence-corrected chi connectivity index (χ2v) is 14.4. The summed E-state index contributed by atoms with van der Waals surface area (Å²) in [5.74, 6) is -1.05. The maximum atomic E-state index is 12.6. The van der Waals surface area contributed by atoms with Gasteiger partial charge in [0.15, 0.2) is 6.10 Å². The van der Waals surface area contributed by atoms with E-state index in [-0.39, 0.29) is 19.4 Å². The summed E-state index contributed by atoms with van der Waals surface area (Å²) in [4.78, 5) is 34.9. The molecule has 0 spiro atoms. The van der Waals surface area contributed by atoms with Gasteiger partial charge in [-0.05, 0) is 89.9 Å². The molecule has 0 heterocycles. The Balaban J connectivity index is 4.54. The lowest BCUT2D eigenvalue weighted by Gasteiger charge is -2.20. The van der Waals surface area contributed by atoms with Gasteiger partial charge in [-0.25, -0.2) is 4.57 Å². The van der Waals surface area contributed by atoms with Crippen LogP contribution in [-0.2, 0) is 32.7 Å². The molecule has 0 saturated carbocycles. The molecule has 0 aromatic heterocycles. The molecule has 0 bridgehead atoms. The Labute approximate surface area is 332 Å². The fraction of sp³-hybridized carbons (Fsp3) is 0.591. The van der Waals surface area contributed by atoms with Crippen molar-refractivity contribution in [3.63, 3.8) is 0 Å². The summed E-state index contributed by atoms with van der Waals surface area (Å²) in [6.07, 6.45) is 46.7. The number of hydrogen-bond donors (Lipinski definition) is 3. The topological polar surface area (TPSA) is 149 Å². The molecule has 312 valence electrons. The highest BCUT2D eigenvalue weighted by Crippen LogP contribution is 2.43. The Kier molecular flexibility index (Phi) is 36.9. The van der Waals surface area contributed by atoms with Crippen molar-refractivity contribution in [2.24, 2.45) is 0 Å². The Bertz CT molecular complexity index is 1230. The number of rotatable bonds is 36. The zero-order valence-electron chi connectivity index (χ0n) is 33.6. The molecule has 10 nitrogen and oxygen atoms in total. The van der Waals surface area contributed by atoms with Crippen molar-refractivity contribution in [2.75, 3.05) is 26.4 Å². The SMILES string of the molecule is CC/C=C\C/C=C\C/C=C\C/C=C\CCCCC(=O)OC[C@H](COP(=O)(O)OC[C@@H](O)CO)OC(=O)CCC/C=C\C/C=C\C/C=C\C/C=C\CCCCC. The van der Waals surface area contributed by atoms with Crippen molar-refractivity contribution in [1.29, 1.82) is 0 Å². The molecule has 0 rings (SSSR count). The predicted octanol–water partition coefficient (Wildman–Crippen LogP) is 10.4. The molecule has 0 radical (unpaired) electrons. The van der Waals surface area contributed by atoms with Crippen molar-refractivity contribution >= 4 is 19.8 Å². The lowest BCUT2D eigenvalue weighted by Crippen LogP contribution is -2.29. The number of esters is 2. The van der Waals surface area contributed by atoms with Gasteiger partial charge in [0.05, 0.1) is 19.8 Å². The van der Waals surface area contributed by atoms with E-state index in [1.54, 1.807) is 0 Å². The lowest BCUT2D eigenvalue weighted by atomic mass is 10.2. The molecule has 55 heavy (non-hydrogen) atoms. The van der Waals surface area contributed by atoms with Gasteiger partial charge in [0.1, 0.15) is 12.7 Å². The van der Waals surface area contributed by atoms with Crippen molar-refractivity contribution in [2.45, 2.75) is 142 Å². The average molecular weight is 791 g/mol. The number of allylic oxidation sites excluding steroid dienone is 16. The summed E-state index contributed by atoms with van der Waals surface area (Å²) in [5, 5.41) is 18.3. The summed E-state index contributed by atoms with van der Waals surface area (Å²) in [6.45, 7) is 2.09. The molecule has 11 heteroatoms. The lowest BCUT2D eigenvalue weighted by molar-refractivity contribution is -0.161. The molecule has 0 fully saturated rings. The zero-order chi connectivity index (χ0) is 40.5. The van der Waals surface area contributed by atoms with Crippen LogP contribution in [0.25, 0.3) is 0 Å². The van der Waals surface area contributed by atoms with Gasteiger partial charge in [0.2, 0.25) is 0 Å². The highest BCUT2D eigenvalue weighted by atomic mass is 31.2. The van der Waals surface area contributed by atoms with Crippen LogP contribution >= 0.6 is 7.82 Å². The van der Waals surface area contributed by atoms with E-state index < -0.39 is 51.8 Å². The van der Waals surface area contributed by atoms with Crippen LogP contribution in [0.5, 0.6) is 0 Å².